The summed E-state index contributed by atoms with van der Waals surface area (Å²) in [6.45, 7) is 17.6. The van der Waals surface area contributed by atoms with Gasteiger partial charge in [-0.15, -0.1) is 0 Å². The van der Waals surface area contributed by atoms with Crippen LogP contribution in [0.5, 0.6) is 0 Å². The summed E-state index contributed by atoms with van der Waals surface area (Å²) < 4.78 is 13.8. The van der Waals surface area contributed by atoms with E-state index in [1.165, 1.54) is 32.5 Å². The number of hydrogen-bond acceptors (Lipinski definition) is 9. The Hall–Kier alpha value is -3.05. The van der Waals surface area contributed by atoms with Crippen molar-refractivity contribution in [3.8, 4) is 0 Å². The fourth-order valence-corrected chi connectivity index (χ4v) is 2.64. The Balaban J connectivity index is -0.000000463. The summed E-state index contributed by atoms with van der Waals surface area (Å²) in [7, 11) is 2.57. The molecule has 0 aliphatic carbocycles. The number of aliphatic hydroxyl groups excluding tert-OH is 1. The molecule has 190 valence electrons. The summed E-state index contributed by atoms with van der Waals surface area (Å²) >= 11 is 5.67. The molecular weight excluding hydrogens is 491 g/mol. The molecule has 1 aliphatic heterocycles. The zero-order chi connectivity index (χ0) is 25.0. The molecule has 1 atom stereocenters. The van der Waals surface area contributed by atoms with Crippen molar-refractivity contribution >= 4 is 34.9 Å². The number of halogens is 1. The summed E-state index contributed by atoms with van der Waals surface area (Å²) in [5.41, 5.74) is 2.12. The molecule has 12 nitrogen and oxygen atoms in total. The smallest absolute Gasteiger partial charge is 0.870 e. The number of aliphatic hydroxyl groups is 1. The minimum absolute atomic E-state index is 0. The van der Waals surface area contributed by atoms with Gasteiger partial charge < -0.3 is 30.3 Å². The fourth-order valence-electron chi connectivity index (χ4n) is 2.42. The third-order valence-corrected chi connectivity index (χ3v) is 4.46. The van der Waals surface area contributed by atoms with Gasteiger partial charge in [0, 0.05) is 24.9 Å². The number of ether oxygens (including phenoxy) is 3. The number of carbonyl (C=O) groups excluding carboxylic acids is 2. The monoisotopic (exact) mass is 516 g/mol. The predicted molar refractivity (Wildman–Crippen MR) is 125 cm³/mol. The van der Waals surface area contributed by atoms with Crippen LogP contribution in [0.1, 0.15) is 44.9 Å². The van der Waals surface area contributed by atoms with E-state index in [1.54, 1.807) is 13.8 Å². The van der Waals surface area contributed by atoms with E-state index < -0.39 is 18.2 Å². The van der Waals surface area contributed by atoms with Crippen molar-refractivity contribution in [2.24, 2.45) is 0 Å². The zero-order valence-corrected chi connectivity index (χ0v) is 21.3. The SMILES string of the molecule is O.OC1CCCO1.[C-]#[N+]c1cc(C(=O)OC)c(C)nc1Cl.[C-]#[N+]c1cnc(C)c(C(=O)OC)c1.[Li+].[OH-]. The molecule has 36 heavy (non-hydrogen) atoms. The van der Waals surface area contributed by atoms with Gasteiger partial charge in [0.15, 0.2) is 6.29 Å². The summed E-state index contributed by atoms with van der Waals surface area (Å²) in [5.74, 6) is -0.980. The molecule has 1 aliphatic rings. The van der Waals surface area contributed by atoms with Crippen LogP contribution in [0.4, 0.5) is 11.4 Å². The number of hydrogen-bond donors (Lipinski definition) is 1. The number of aryl methyl sites for hydroxylation is 2. The molecule has 1 unspecified atom stereocenters. The molecule has 0 bridgehead atoms. The van der Waals surface area contributed by atoms with Crippen molar-refractivity contribution < 1.29 is 58.7 Å². The summed E-state index contributed by atoms with van der Waals surface area (Å²) in [5, 5.41) is 8.61. The second-order valence-corrected chi connectivity index (χ2v) is 6.79. The van der Waals surface area contributed by atoms with Crippen LogP contribution in [0.15, 0.2) is 18.3 Å². The average Bonchev–Trinajstić information content (AvgIpc) is 3.30. The van der Waals surface area contributed by atoms with Crippen LogP contribution in [0.2, 0.25) is 5.15 Å². The summed E-state index contributed by atoms with van der Waals surface area (Å²) in [6.07, 6.45) is 2.81. The van der Waals surface area contributed by atoms with E-state index >= 15 is 0 Å². The van der Waals surface area contributed by atoms with E-state index in [0.717, 1.165) is 19.4 Å². The number of rotatable bonds is 2. The number of nitrogens with zero attached hydrogens (tertiary/aromatic N) is 4. The predicted octanol–water partition coefficient (Wildman–Crippen LogP) is 0.226. The first-order valence-electron chi connectivity index (χ1n) is 9.53. The summed E-state index contributed by atoms with van der Waals surface area (Å²) in [6, 6.07) is 2.85. The van der Waals surface area contributed by atoms with Crippen molar-refractivity contribution in [1.82, 2.24) is 9.97 Å². The van der Waals surface area contributed by atoms with Gasteiger partial charge in [-0.1, -0.05) is 11.6 Å². The number of methoxy groups -OCH3 is 2. The normalized spacial score (nSPS) is 12.6. The quantitative estimate of drug-likeness (QED) is 0.253. The van der Waals surface area contributed by atoms with Crippen LogP contribution in [-0.2, 0) is 14.2 Å². The van der Waals surface area contributed by atoms with Crippen molar-refractivity contribution in [3.05, 3.63) is 68.8 Å². The van der Waals surface area contributed by atoms with Crippen LogP contribution < -0.4 is 18.9 Å². The largest absolute Gasteiger partial charge is 1.00 e. The molecule has 3 heterocycles. The first-order chi connectivity index (χ1) is 15.7. The van der Waals surface area contributed by atoms with Crippen molar-refractivity contribution in [2.45, 2.75) is 33.0 Å². The first-order valence-corrected chi connectivity index (χ1v) is 9.91. The summed E-state index contributed by atoms with van der Waals surface area (Å²) in [4.78, 5) is 36.4. The van der Waals surface area contributed by atoms with E-state index in [0.29, 0.717) is 22.6 Å². The van der Waals surface area contributed by atoms with Crippen LogP contribution in [-0.4, -0.2) is 65.1 Å². The molecule has 4 N–H and O–H groups in total. The molecule has 0 amide bonds. The molecule has 1 fully saturated rings. The fraction of sp³-hybridized carbons (Fsp3) is 0.364. The van der Waals surface area contributed by atoms with Gasteiger partial charge in [-0.2, -0.15) is 0 Å². The van der Waals surface area contributed by atoms with E-state index in [-0.39, 0.29) is 46.2 Å². The van der Waals surface area contributed by atoms with E-state index in [4.69, 9.17) is 34.6 Å². The Morgan fingerprint density at radius 3 is 2.06 bits per heavy atom. The Morgan fingerprint density at radius 2 is 1.67 bits per heavy atom. The van der Waals surface area contributed by atoms with E-state index in [1.807, 2.05) is 0 Å². The first kappa shape index (κ1) is 37.5. The maximum atomic E-state index is 11.2. The van der Waals surface area contributed by atoms with Gasteiger partial charge in [-0.3, -0.25) is 9.97 Å². The number of carbonyl (C=O) groups is 2. The van der Waals surface area contributed by atoms with E-state index in [2.05, 4.69) is 29.1 Å². The second kappa shape index (κ2) is 19.2. The van der Waals surface area contributed by atoms with Crippen LogP contribution in [0, 0.1) is 27.0 Å². The topological polar surface area (TPSA) is 178 Å². The minimum atomic E-state index is -0.517. The van der Waals surface area contributed by atoms with E-state index in [9.17, 15) is 9.59 Å². The zero-order valence-electron chi connectivity index (χ0n) is 20.5. The van der Waals surface area contributed by atoms with Gasteiger partial charge in [-0.25, -0.2) is 19.3 Å². The molecule has 0 aromatic carbocycles. The molecule has 0 saturated carbocycles. The minimum Gasteiger partial charge on any atom is -0.870 e. The van der Waals surface area contributed by atoms with Crippen LogP contribution in [0.3, 0.4) is 0 Å². The van der Waals surface area contributed by atoms with Crippen molar-refractivity contribution in [3.63, 3.8) is 0 Å². The molecular formula is C22H26ClLiN4O8. The third-order valence-electron chi connectivity index (χ3n) is 4.19. The van der Waals surface area contributed by atoms with Gasteiger partial charge in [0.05, 0.1) is 44.2 Å². The third kappa shape index (κ3) is 11.6. The molecule has 0 radical (unpaired) electrons. The molecule has 14 heteroatoms. The van der Waals surface area contributed by atoms with Gasteiger partial charge in [0.25, 0.3) is 0 Å². The number of esters is 2. The number of pyridine rings is 2. The van der Waals surface area contributed by atoms with Gasteiger partial charge in [0.1, 0.15) is 5.15 Å². The van der Waals surface area contributed by atoms with Gasteiger partial charge in [0.2, 0.25) is 11.4 Å². The maximum absolute atomic E-state index is 11.2. The van der Waals surface area contributed by atoms with Crippen LogP contribution >= 0.6 is 11.6 Å². The average molecular weight is 517 g/mol. The molecule has 2 aromatic rings. The Kier molecular flexibility index (Phi) is 20.0. The molecule has 0 spiro atoms. The second-order valence-electron chi connectivity index (χ2n) is 6.43. The van der Waals surface area contributed by atoms with Gasteiger partial charge >= 0.3 is 30.8 Å². The Morgan fingerprint density at radius 1 is 1.11 bits per heavy atom. The molecule has 1 saturated heterocycles. The molecule has 3 rings (SSSR count). The van der Waals surface area contributed by atoms with Crippen molar-refractivity contribution in [1.29, 1.82) is 0 Å². The Bertz CT molecular complexity index is 1080. The standard InChI is InChI=1S/C9H7ClN2O2.C9H8N2O2.C4H8O2.Li.2H2O/c1-5-6(9(13)14-3)4-7(11-2)8(10)12-5;1-6-8(9(12)13-3)4-7(10-2)5-11-6;5-4-2-1-3-6-4;;;/h4H,1,3H3;4-5H,1,3H3;4-5H,1-3H2;;2*1H2/q;;;+1;;/p-1. The van der Waals surface area contributed by atoms with Crippen LogP contribution in [0.25, 0.3) is 9.69 Å². The molecule has 2 aromatic heterocycles. The van der Waals surface area contributed by atoms with Crippen molar-refractivity contribution in [2.75, 3.05) is 20.8 Å². The van der Waals surface area contributed by atoms with Gasteiger partial charge in [-0.05, 0) is 32.4 Å². The maximum Gasteiger partial charge on any atom is 1.00 e. The Labute approximate surface area is 226 Å². The number of aromatic nitrogens is 2.